The summed E-state index contributed by atoms with van der Waals surface area (Å²) in [6, 6.07) is 4.11. The molecule has 0 unspecified atom stereocenters. The molecular weight excluding hydrogens is 154 g/mol. The second-order valence-corrected chi connectivity index (χ2v) is 3.12. The molecule has 11 heavy (non-hydrogen) atoms. The van der Waals surface area contributed by atoms with Crippen molar-refractivity contribution in [3.8, 4) is 0 Å². The highest BCUT2D eigenvalue weighted by Crippen LogP contribution is 2.09. The van der Waals surface area contributed by atoms with E-state index in [0.29, 0.717) is 0 Å². The van der Waals surface area contributed by atoms with Crippen LogP contribution in [0.1, 0.15) is 18.7 Å². The molecule has 0 fully saturated rings. The molecule has 0 aromatic carbocycles. The summed E-state index contributed by atoms with van der Waals surface area (Å²) in [6.07, 6.45) is 3.74. The lowest BCUT2D eigenvalue weighted by Gasteiger charge is -1.90. The van der Waals surface area contributed by atoms with Crippen molar-refractivity contribution in [3.05, 3.63) is 34.7 Å². The van der Waals surface area contributed by atoms with E-state index in [2.05, 4.69) is 16.4 Å². The predicted octanol–water partition coefficient (Wildman–Crippen LogP) is 3.09. The van der Waals surface area contributed by atoms with Crippen LogP contribution >= 0.6 is 11.3 Å². The zero-order valence-corrected chi connectivity index (χ0v) is 7.56. The summed E-state index contributed by atoms with van der Waals surface area (Å²) in [6.45, 7) is 3.98. The van der Waals surface area contributed by atoms with Crippen LogP contribution in [0, 0.1) is 0 Å². The molecule has 0 saturated carbocycles. The Balaban J connectivity index is 2.77. The van der Waals surface area contributed by atoms with Crippen molar-refractivity contribution in [3.63, 3.8) is 0 Å². The number of rotatable bonds is 2. The minimum Gasteiger partial charge on any atom is -0.260 e. The maximum absolute atomic E-state index is 4.23. The summed E-state index contributed by atoms with van der Waals surface area (Å²) in [4.78, 5) is 5.47. The van der Waals surface area contributed by atoms with Gasteiger partial charge in [0.25, 0.3) is 0 Å². The fraction of sp³-hybridized carbons (Fsp3) is 0.222. The molecular formula is C9H11NS. The first-order chi connectivity index (χ1) is 5.34. The number of hydrogen-bond acceptors (Lipinski definition) is 2. The first-order valence-corrected chi connectivity index (χ1v) is 4.42. The van der Waals surface area contributed by atoms with Crippen molar-refractivity contribution < 1.29 is 0 Å². The van der Waals surface area contributed by atoms with Gasteiger partial charge in [-0.15, -0.1) is 11.3 Å². The molecule has 0 N–H and O–H groups in total. The monoisotopic (exact) mass is 165 g/mol. The molecule has 1 aromatic heterocycles. The van der Waals surface area contributed by atoms with Gasteiger partial charge in [-0.2, -0.15) is 0 Å². The Labute approximate surface area is 71.1 Å². The average molecular weight is 165 g/mol. The van der Waals surface area contributed by atoms with Crippen LogP contribution in [-0.2, 0) is 0 Å². The number of thiophene rings is 1. The van der Waals surface area contributed by atoms with E-state index >= 15 is 0 Å². The van der Waals surface area contributed by atoms with E-state index in [4.69, 9.17) is 0 Å². The van der Waals surface area contributed by atoms with E-state index in [1.165, 1.54) is 4.88 Å². The summed E-state index contributed by atoms with van der Waals surface area (Å²) < 4.78 is 0. The second-order valence-electron chi connectivity index (χ2n) is 2.17. The van der Waals surface area contributed by atoms with Crippen LogP contribution in [0.5, 0.6) is 0 Å². The number of allylic oxidation sites excluding steroid dienone is 1. The van der Waals surface area contributed by atoms with E-state index in [1.54, 1.807) is 11.3 Å². The highest BCUT2D eigenvalue weighted by molar-refractivity contribution is 7.12. The summed E-state index contributed by atoms with van der Waals surface area (Å²) in [5.74, 6) is 0. The summed E-state index contributed by atoms with van der Waals surface area (Å²) in [7, 11) is 0. The maximum Gasteiger partial charge on any atom is 0.0544 e. The lowest BCUT2D eigenvalue weighted by atomic mass is 10.3. The molecule has 1 aromatic rings. The Bertz CT molecular complexity index is 257. The number of aliphatic imine (C=N–C) groups is 1. The second kappa shape index (κ2) is 4.09. The Morgan fingerprint density at radius 1 is 1.64 bits per heavy atom. The van der Waals surface area contributed by atoms with Gasteiger partial charge in [0.15, 0.2) is 0 Å². The van der Waals surface area contributed by atoms with Crippen LogP contribution < -0.4 is 0 Å². The van der Waals surface area contributed by atoms with Gasteiger partial charge in [-0.25, -0.2) is 0 Å². The molecule has 1 heterocycles. The van der Waals surface area contributed by atoms with Gasteiger partial charge < -0.3 is 0 Å². The van der Waals surface area contributed by atoms with Gasteiger partial charge >= 0.3 is 0 Å². The minimum atomic E-state index is 1.08. The van der Waals surface area contributed by atoms with Gasteiger partial charge in [0.2, 0.25) is 0 Å². The highest BCUT2D eigenvalue weighted by Gasteiger charge is 1.94. The average Bonchev–Trinajstić information content (AvgIpc) is 2.52. The van der Waals surface area contributed by atoms with E-state index in [-0.39, 0.29) is 0 Å². The van der Waals surface area contributed by atoms with E-state index < -0.39 is 0 Å². The molecule has 0 amide bonds. The molecule has 1 rings (SSSR count). The fourth-order valence-corrected chi connectivity index (χ4v) is 1.42. The zero-order valence-electron chi connectivity index (χ0n) is 6.74. The van der Waals surface area contributed by atoms with Crippen LogP contribution in [0.25, 0.3) is 0 Å². The molecule has 0 spiro atoms. The number of hydrogen-bond donors (Lipinski definition) is 0. The molecule has 0 atom stereocenters. The molecule has 0 aliphatic rings. The van der Waals surface area contributed by atoms with Crippen LogP contribution in [-0.4, -0.2) is 5.71 Å². The molecule has 0 bridgehead atoms. The lowest BCUT2D eigenvalue weighted by molar-refractivity contribution is 1.50. The van der Waals surface area contributed by atoms with E-state index in [1.807, 2.05) is 32.2 Å². The first kappa shape index (κ1) is 8.21. The SMILES string of the molecule is CC=CN=C(C)c1cccs1. The molecule has 1 nitrogen and oxygen atoms in total. The van der Waals surface area contributed by atoms with Crippen molar-refractivity contribution in [2.75, 3.05) is 0 Å². The largest absolute Gasteiger partial charge is 0.260 e. The summed E-state index contributed by atoms with van der Waals surface area (Å²) >= 11 is 1.72. The molecule has 2 heteroatoms. The predicted molar refractivity (Wildman–Crippen MR) is 51.3 cm³/mol. The van der Waals surface area contributed by atoms with Crippen molar-refractivity contribution in [1.82, 2.24) is 0 Å². The lowest BCUT2D eigenvalue weighted by Crippen LogP contribution is -1.87. The van der Waals surface area contributed by atoms with Crippen molar-refractivity contribution in [1.29, 1.82) is 0 Å². The number of nitrogens with zero attached hydrogens (tertiary/aromatic N) is 1. The van der Waals surface area contributed by atoms with Gasteiger partial charge in [-0.3, -0.25) is 4.99 Å². The Morgan fingerprint density at radius 2 is 2.45 bits per heavy atom. The van der Waals surface area contributed by atoms with Crippen LogP contribution in [0.15, 0.2) is 34.8 Å². The molecule has 0 aliphatic heterocycles. The highest BCUT2D eigenvalue weighted by atomic mass is 32.1. The van der Waals surface area contributed by atoms with E-state index in [9.17, 15) is 0 Å². The Hall–Kier alpha value is -0.890. The third kappa shape index (κ3) is 2.31. The third-order valence-corrected chi connectivity index (χ3v) is 2.27. The smallest absolute Gasteiger partial charge is 0.0544 e. The summed E-state index contributed by atoms with van der Waals surface area (Å²) in [5, 5.41) is 2.06. The maximum atomic E-state index is 4.23. The minimum absolute atomic E-state index is 1.08. The van der Waals surface area contributed by atoms with Crippen LogP contribution in [0.3, 0.4) is 0 Å². The molecule has 0 saturated heterocycles. The quantitative estimate of drug-likeness (QED) is 0.597. The zero-order chi connectivity index (χ0) is 8.10. The fourth-order valence-electron chi connectivity index (χ4n) is 0.734. The normalized spacial score (nSPS) is 12.7. The van der Waals surface area contributed by atoms with Gasteiger partial charge in [-0.1, -0.05) is 12.1 Å². The topological polar surface area (TPSA) is 12.4 Å². The summed E-state index contributed by atoms with van der Waals surface area (Å²) in [5.41, 5.74) is 1.08. The third-order valence-electron chi connectivity index (χ3n) is 1.30. The molecule has 0 radical (unpaired) electrons. The van der Waals surface area contributed by atoms with Gasteiger partial charge in [0.05, 0.1) is 5.71 Å². The van der Waals surface area contributed by atoms with Gasteiger partial charge in [0.1, 0.15) is 0 Å². The molecule has 58 valence electrons. The van der Waals surface area contributed by atoms with Crippen molar-refractivity contribution >= 4 is 17.0 Å². The van der Waals surface area contributed by atoms with Crippen LogP contribution in [0.4, 0.5) is 0 Å². The molecule has 0 aliphatic carbocycles. The van der Waals surface area contributed by atoms with Crippen molar-refractivity contribution in [2.45, 2.75) is 13.8 Å². The van der Waals surface area contributed by atoms with Gasteiger partial charge in [0, 0.05) is 11.1 Å². The Kier molecular flexibility index (Phi) is 3.05. The first-order valence-electron chi connectivity index (χ1n) is 3.54. The van der Waals surface area contributed by atoms with E-state index in [0.717, 1.165) is 5.71 Å². The van der Waals surface area contributed by atoms with Crippen LogP contribution in [0.2, 0.25) is 0 Å². The standard InChI is InChI=1S/C9H11NS/c1-3-6-10-8(2)9-5-4-7-11-9/h3-7H,1-2H3. The Morgan fingerprint density at radius 3 is 3.00 bits per heavy atom. The van der Waals surface area contributed by atoms with Crippen molar-refractivity contribution in [2.24, 2.45) is 4.99 Å². The van der Waals surface area contributed by atoms with Gasteiger partial charge in [-0.05, 0) is 25.3 Å².